The van der Waals surface area contributed by atoms with Gasteiger partial charge in [0, 0.05) is 42.8 Å². The number of hydrogen-bond acceptors (Lipinski definition) is 5. The van der Waals surface area contributed by atoms with Gasteiger partial charge in [0.1, 0.15) is 0 Å². The molecule has 4 rings (SSSR count). The Morgan fingerprint density at radius 1 is 0.969 bits per heavy atom. The van der Waals surface area contributed by atoms with Crippen LogP contribution < -0.4 is 0 Å². The van der Waals surface area contributed by atoms with Gasteiger partial charge in [-0.3, -0.25) is 14.4 Å². The van der Waals surface area contributed by atoms with E-state index in [1.807, 2.05) is 25.1 Å². The lowest BCUT2D eigenvalue weighted by atomic mass is 10.0. The van der Waals surface area contributed by atoms with E-state index in [1.165, 1.54) is 18.2 Å². The molecular formula is C24H23N3O5. The summed E-state index contributed by atoms with van der Waals surface area (Å²) in [6.07, 6.45) is 1.44. The minimum absolute atomic E-state index is 0.0940. The molecular weight excluding hydrogens is 410 g/mol. The van der Waals surface area contributed by atoms with Gasteiger partial charge in [0.25, 0.3) is 17.6 Å². The number of piperazine rings is 1. The van der Waals surface area contributed by atoms with Crippen molar-refractivity contribution in [2.75, 3.05) is 26.7 Å². The van der Waals surface area contributed by atoms with Crippen LogP contribution in [0.2, 0.25) is 0 Å². The van der Waals surface area contributed by atoms with Gasteiger partial charge in [0.2, 0.25) is 0 Å². The summed E-state index contributed by atoms with van der Waals surface area (Å²) in [6.45, 7) is 2.73. The summed E-state index contributed by atoms with van der Waals surface area (Å²) in [5.74, 6) is -1.92. The lowest BCUT2D eigenvalue weighted by Gasteiger charge is -2.39. The van der Waals surface area contributed by atoms with E-state index in [2.05, 4.69) is 4.98 Å². The number of methoxy groups -OCH3 is 1. The van der Waals surface area contributed by atoms with Crippen LogP contribution in [0.5, 0.6) is 0 Å². The second kappa shape index (κ2) is 8.66. The first-order valence-corrected chi connectivity index (χ1v) is 10.3. The smallest absolute Gasteiger partial charge is 0.339 e. The Bertz CT molecular complexity index is 1200. The number of benzene rings is 2. The van der Waals surface area contributed by atoms with Gasteiger partial charge in [-0.05, 0) is 25.1 Å². The fourth-order valence-electron chi connectivity index (χ4n) is 4.07. The molecule has 32 heavy (non-hydrogen) atoms. The van der Waals surface area contributed by atoms with Crippen molar-refractivity contribution >= 4 is 34.5 Å². The highest BCUT2D eigenvalue weighted by Crippen LogP contribution is 2.24. The van der Waals surface area contributed by atoms with Crippen LogP contribution in [-0.4, -0.2) is 71.1 Å². The number of esters is 1. The molecule has 0 spiro atoms. The predicted molar refractivity (Wildman–Crippen MR) is 117 cm³/mol. The van der Waals surface area contributed by atoms with E-state index in [0.29, 0.717) is 23.0 Å². The maximum Gasteiger partial charge on any atom is 0.339 e. The number of aromatic nitrogens is 1. The van der Waals surface area contributed by atoms with Crippen molar-refractivity contribution in [3.63, 3.8) is 0 Å². The second-order valence-corrected chi connectivity index (χ2v) is 7.72. The third-order valence-corrected chi connectivity index (χ3v) is 5.76. The van der Waals surface area contributed by atoms with Crippen LogP contribution in [0.3, 0.4) is 0 Å². The molecule has 164 valence electrons. The standard InChI is InChI=1S/C24H23N3O5/c1-15-14-26(11-12-27(15)22(29)16-7-4-3-5-8-16)23(30)21(28)19-13-25-20-17(19)9-6-10-18(20)24(31)32-2/h3-10,13,15,25H,11-12,14H2,1-2H3. The van der Waals surface area contributed by atoms with Crippen LogP contribution in [0.4, 0.5) is 0 Å². The molecule has 1 saturated heterocycles. The molecule has 1 aliphatic heterocycles. The Morgan fingerprint density at radius 3 is 2.41 bits per heavy atom. The number of ether oxygens (including phenoxy) is 1. The van der Waals surface area contributed by atoms with E-state index in [-0.39, 0.29) is 36.2 Å². The number of hydrogen-bond donors (Lipinski definition) is 1. The number of carbonyl (C=O) groups is 4. The molecule has 1 aliphatic rings. The monoisotopic (exact) mass is 433 g/mol. The Morgan fingerprint density at radius 2 is 1.72 bits per heavy atom. The summed E-state index contributed by atoms with van der Waals surface area (Å²) >= 11 is 0. The lowest BCUT2D eigenvalue weighted by molar-refractivity contribution is -0.128. The highest BCUT2D eigenvalue weighted by atomic mass is 16.5. The molecule has 1 aromatic heterocycles. The third-order valence-electron chi connectivity index (χ3n) is 5.76. The fourth-order valence-corrected chi connectivity index (χ4v) is 4.07. The number of amides is 2. The van der Waals surface area contributed by atoms with Gasteiger partial charge in [0.05, 0.1) is 23.8 Å². The molecule has 2 aromatic carbocycles. The first-order valence-electron chi connectivity index (χ1n) is 10.3. The van der Waals surface area contributed by atoms with Crippen molar-refractivity contribution < 1.29 is 23.9 Å². The van der Waals surface area contributed by atoms with Gasteiger partial charge in [-0.15, -0.1) is 0 Å². The van der Waals surface area contributed by atoms with Crippen LogP contribution >= 0.6 is 0 Å². The summed E-state index contributed by atoms with van der Waals surface area (Å²) in [4.78, 5) is 56.8. The molecule has 2 heterocycles. The van der Waals surface area contributed by atoms with Gasteiger partial charge in [-0.1, -0.05) is 30.3 Å². The Kier molecular flexibility index (Phi) is 5.77. The van der Waals surface area contributed by atoms with E-state index >= 15 is 0 Å². The largest absolute Gasteiger partial charge is 0.465 e. The molecule has 3 aromatic rings. The summed E-state index contributed by atoms with van der Waals surface area (Å²) in [5, 5.41) is 0.484. The maximum absolute atomic E-state index is 13.0. The van der Waals surface area contributed by atoms with E-state index in [4.69, 9.17) is 4.74 Å². The maximum atomic E-state index is 13.0. The number of nitrogens with zero attached hydrogens (tertiary/aromatic N) is 2. The Labute approximate surface area is 184 Å². The topological polar surface area (TPSA) is 99.8 Å². The number of aromatic amines is 1. The number of rotatable bonds is 4. The van der Waals surface area contributed by atoms with Gasteiger partial charge in [-0.25, -0.2) is 4.79 Å². The number of Topliss-reactive ketones (excluding diaryl/α,β-unsaturated/α-hetero) is 1. The minimum atomic E-state index is -0.659. The van der Waals surface area contributed by atoms with Gasteiger partial charge in [-0.2, -0.15) is 0 Å². The first-order chi connectivity index (χ1) is 15.4. The van der Waals surface area contributed by atoms with E-state index in [1.54, 1.807) is 35.2 Å². The Hall–Kier alpha value is -3.94. The highest BCUT2D eigenvalue weighted by molar-refractivity contribution is 6.45. The number of ketones is 1. The quantitative estimate of drug-likeness (QED) is 0.387. The van der Waals surface area contributed by atoms with Crippen molar-refractivity contribution in [1.29, 1.82) is 0 Å². The summed E-state index contributed by atoms with van der Waals surface area (Å²) in [5.41, 5.74) is 1.53. The molecule has 1 unspecified atom stereocenters. The zero-order valence-electron chi connectivity index (χ0n) is 17.8. The van der Waals surface area contributed by atoms with Crippen LogP contribution in [-0.2, 0) is 9.53 Å². The van der Waals surface area contributed by atoms with Gasteiger partial charge in [0.15, 0.2) is 0 Å². The highest BCUT2D eigenvalue weighted by Gasteiger charge is 2.33. The summed E-state index contributed by atoms with van der Waals surface area (Å²) < 4.78 is 4.78. The molecule has 0 saturated carbocycles. The zero-order valence-corrected chi connectivity index (χ0v) is 17.8. The molecule has 1 fully saturated rings. The molecule has 0 radical (unpaired) electrons. The Balaban J connectivity index is 1.50. The van der Waals surface area contributed by atoms with Crippen LogP contribution in [0.15, 0.2) is 54.7 Å². The molecule has 0 aliphatic carbocycles. The number of para-hydroxylation sites is 1. The van der Waals surface area contributed by atoms with Crippen molar-refractivity contribution in [3.05, 3.63) is 71.4 Å². The second-order valence-electron chi connectivity index (χ2n) is 7.72. The van der Waals surface area contributed by atoms with Gasteiger partial charge < -0.3 is 19.5 Å². The SMILES string of the molecule is COC(=O)c1cccc2c(C(=O)C(=O)N3CCN(C(=O)c4ccccc4)C(C)C3)c[nH]c12. The van der Waals surface area contributed by atoms with Crippen molar-refractivity contribution in [1.82, 2.24) is 14.8 Å². The molecule has 8 nitrogen and oxygen atoms in total. The number of fused-ring (bicyclic) bond motifs is 1. The van der Waals surface area contributed by atoms with Crippen molar-refractivity contribution in [2.45, 2.75) is 13.0 Å². The molecule has 1 atom stereocenters. The number of H-pyrrole nitrogens is 1. The zero-order chi connectivity index (χ0) is 22.8. The predicted octanol–water partition coefficient (Wildman–Crippen LogP) is 2.51. The van der Waals surface area contributed by atoms with Crippen molar-refractivity contribution in [3.8, 4) is 0 Å². The number of nitrogens with one attached hydrogen (secondary N) is 1. The average Bonchev–Trinajstić information content (AvgIpc) is 3.27. The minimum Gasteiger partial charge on any atom is -0.465 e. The first kappa shape index (κ1) is 21.3. The van der Waals surface area contributed by atoms with E-state index < -0.39 is 17.7 Å². The van der Waals surface area contributed by atoms with E-state index in [0.717, 1.165) is 0 Å². The molecule has 0 bridgehead atoms. The molecule has 2 amide bonds. The van der Waals surface area contributed by atoms with Crippen LogP contribution in [0, 0.1) is 0 Å². The number of carbonyl (C=O) groups excluding carboxylic acids is 4. The van der Waals surface area contributed by atoms with Gasteiger partial charge >= 0.3 is 5.97 Å². The third kappa shape index (κ3) is 3.75. The van der Waals surface area contributed by atoms with Crippen LogP contribution in [0.25, 0.3) is 10.9 Å². The lowest BCUT2D eigenvalue weighted by Crippen LogP contribution is -2.56. The average molecular weight is 433 g/mol. The van der Waals surface area contributed by atoms with Crippen LogP contribution in [0.1, 0.15) is 38.0 Å². The summed E-state index contributed by atoms with van der Waals surface area (Å²) in [6, 6.07) is 13.7. The molecule has 8 heteroatoms. The summed E-state index contributed by atoms with van der Waals surface area (Å²) in [7, 11) is 1.28. The van der Waals surface area contributed by atoms with Crippen molar-refractivity contribution in [2.24, 2.45) is 0 Å². The fraction of sp³-hybridized carbons (Fsp3) is 0.250. The molecule has 1 N–H and O–H groups in total. The van der Waals surface area contributed by atoms with E-state index in [9.17, 15) is 19.2 Å². The normalized spacial score (nSPS) is 16.1.